The Bertz CT molecular complexity index is 1460. The van der Waals surface area contributed by atoms with E-state index in [2.05, 4.69) is 0 Å². The molecule has 10 nitrogen and oxygen atoms in total. The van der Waals surface area contributed by atoms with Crippen molar-refractivity contribution in [2.75, 3.05) is 0 Å². The maximum Gasteiger partial charge on any atom is 0.395 e. The van der Waals surface area contributed by atoms with Crippen LogP contribution < -0.4 is 18.9 Å². The molecule has 2 spiro atoms. The first-order valence-corrected chi connectivity index (χ1v) is 12.9. The van der Waals surface area contributed by atoms with Crippen LogP contribution in [0.5, 0.6) is 34.5 Å². The molecule has 4 aliphatic heterocycles. The van der Waals surface area contributed by atoms with E-state index in [1.54, 1.807) is 56.3 Å². The Morgan fingerprint density at radius 1 is 0.675 bits per heavy atom. The fourth-order valence-electron chi connectivity index (χ4n) is 5.15. The second-order valence-corrected chi connectivity index (χ2v) is 10.1. The predicted molar refractivity (Wildman–Crippen MR) is 140 cm³/mol. The second-order valence-electron chi connectivity index (χ2n) is 10.1. The topological polar surface area (TPSA) is 136 Å². The molecule has 0 radical (unpaired) electrons. The summed E-state index contributed by atoms with van der Waals surface area (Å²) in [5.41, 5.74) is 2.14. The lowest BCUT2D eigenvalue weighted by molar-refractivity contribution is -0.282. The monoisotopic (exact) mass is 546 g/mol. The van der Waals surface area contributed by atoms with Crippen molar-refractivity contribution in [3.63, 3.8) is 0 Å². The minimum Gasteiger partial charge on any atom is -0.508 e. The van der Waals surface area contributed by atoms with E-state index >= 15 is 0 Å². The predicted octanol–water partition coefficient (Wildman–Crippen LogP) is 3.95. The molecule has 0 bridgehead atoms. The van der Waals surface area contributed by atoms with Crippen molar-refractivity contribution in [2.24, 2.45) is 0 Å². The molecule has 0 fully saturated rings. The summed E-state index contributed by atoms with van der Waals surface area (Å²) < 4.78 is 37.6. The summed E-state index contributed by atoms with van der Waals surface area (Å²) in [6, 6.07) is 12.9. The van der Waals surface area contributed by atoms with Gasteiger partial charge < -0.3 is 39.4 Å². The Hall–Kier alpha value is -4.22. The molecule has 3 aromatic rings. The lowest BCUT2D eigenvalue weighted by Gasteiger charge is -2.32. The summed E-state index contributed by atoms with van der Waals surface area (Å²) in [6.07, 6.45) is 3.34. The highest BCUT2D eigenvalue weighted by molar-refractivity contribution is 5.94. The fraction of sp³-hybridized carbons (Fsp3) is 0.267. The number of phenolic OH excluding ortho intramolecular Hbond substituents is 2. The summed E-state index contributed by atoms with van der Waals surface area (Å²) in [5.74, 6) is -2.09. The van der Waals surface area contributed by atoms with Crippen LogP contribution in [0.1, 0.15) is 13.8 Å². The van der Waals surface area contributed by atoms with Gasteiger partial charge >= 0.3 is 11.9 Å². The van der Waals surface area contributed by atoms with Crippen LogP contribution in [0, 0.1) is 0 Å². The number of aliphatic hydroxyl groups excluding tert-OH is 2. The van der Waals surface area contributed by atoms with E-state index in [9.17, 15) is 20.4 Å². The van der Waals surface area contributed by atoms with Gasteiger partial charge in [-0.1, -0.05) is 24.3 Å². The number of aromatic hydroxyl groups is 2. The standard InChI is InChI=1S/C30H26O10/c1-15(31)22-12-14-30(36-22)39-27-23(17-3-7-19(32)8-4-17)25-26(38-29(37-25)13-11-21(34)16(2)35-29)24(28(27)40-30)18-5-9-20(33)10-6-18/h3-16,21-22,31-34H,1-2H3/t15-,16+,21-,22+,29?,30?/m0/s1. The van der Waals surface area contributed by atoms with Gasteiger partial charge in [-0.15, -0.1) is 0 Å². The molecule has 7 rings (SSSR count). The molecule has 10 heteroatoms. The highest BCUT2D eigenvalue weighted by atomic mass is 16.9. The van der Waals surface area contributed by atoms with E-state index in [4.69, 9.17) is 28.4 Å². The van der Waals surface area contributed by atoms with E-state index in [1.807, 2.05) is 0 Å². The summed E-state index contributed by atoms with van der Waals surface area (Å²) in [4.78, 5) is 0. The van der Waals surface area contributed by atoms with Crippen molar-refractivity contribution in [1.29, 1.82) is 0 Å². The first-order valence-electron chi connectivity index (χ1n) is 12.9. The van der Waals surface area contributed by atoms with Crippen LogP contribution in [0.4, 0.5) is 0 Å². The van der Waals surface area contributed by atoms with Gasteiger partial charge in [0.05, 0.1) is 29.4 Å². The van der Waals surface area contributed by atoms with Crippen molar-refractivity contribution in [2.45, 2.75) is 50.2 Å². The zero-order chi connectivity index (χ0) is 27.8. The molecule has 206 valence electrons. The molecule has 0 aromatic heterocycles. The summed E-state index contributed by atoms with van der Waals surface area (Å²) in [6.45, 7) is 3.30. The van der Waals surface area contributed by atoms with Crippen LogP contribution in [-0.2, 0) is 9.47 Å². The van der Waals surface area contributed by atoms with Crippen LogP contribution >= 0.6 is 0 Å². The molecular weight excluding hydrogens is 520 g/mol. The van der Waals surface area contributed by atoms with Gasteiger partial charge in [0.2, 0.25) is 0 Å². The molecule has 3 aromatic carbocycles. The minimum atomic E-state index is -1.67. The molecule has 0 saturated heterocycles. The van der Waals surface area contributed by atoms with Gasteiger partial charge in [-0.2, -0.15) is 0 Å². The number of phenols is 2. The Morgan fingerprint density at radius 2 is 1.10 bits per heavy atom. The zero-order valence-electron chi connectivity index (χ0n) is 21.5. The number of rotatable bonds is 3. The van der Waals surface area contributed by atoms with E-state index in [1.165, 1.54) is 30.3 Å². The van der Waals surface area contributed by atoms with E-state index in [-0.39, 0.29) is 34.5 Å². The smallest absolute Gasteiger partial charge is 0.395 e. The van der Waals surface area contributed by atoms with Gasteiger partial charge in [-0.3, -0.25) is 9.47 Å². The summed E-state index contributed by atoms with van der Waals surface area (Å²) in [5, 5.41) is 40.3. The van der Waals surface area contributed by atoms with Crippen molar-refractivity contribution >= 4 is 0 Å². The van der Waals surface area contributed by atoms with Crippen LogP contribution in [0.15, 0.2) is 72.8 Å². The molecule has 0 saturated carbocycles. The van der Waals surface area contributed by atoms with E-state index in [0.29, 0.717) is 22.3 Å². The van der Waals surface area contributed by atoms with Gasteiger partial charge in [0.25, 0.3) is 0 Å². The molecule has 4 aliphatic rings. The third-order valence-electron chi connectivity index (χ3n) is 7.20. The van der Waals surface area contributed by atoms with Gasteiger partial charge in [-0.25, -0.2) is 0 Å². The van der Waals surface area contributed by atoms with E-state index < -0.39 is 36.4 Å². The number of hydrogen-bond donors (Lipinski definition) is 4. The number of fused-ring (bicyclic) bond motifs is 2. The third kappa shape index (κ3) is 3.80. The van der Waals surface area contributed by atoms with Gasteiger partial charge in [-0.05, 0) is 61.4 Å². The fourth-order valence-corrected chi connectivity index (χ4v) is 5.15. The van der Waals surface area contributed by atoms with E-state index in [0.717, 1.165) is 0 Å². The largest absolute Gasteiger partial charge is 0.508 e. The Kier molecular flexibility index (Phi) is 5.35. The van der Waals surface area contributed by atoms with Crippen molar-refractivity contribution < 1.29 is 48.8 Å². The van der Waals surface area contributed by atoms with Crippen molar-refractivity contribution in [3.05, 3.63) is 72.8 Å². The first kappa shape index (κ1) is 24.8. The Balaban J connectivity index is 1.47. The molecule has 4 heterocycles. The Morgan fingerprint density at radius 3 is 1.50 bits per heavy atom. The van der Waals surface area contributed by atoms with Crippen LogP contribution in [0.3, 0.4) is 0 Å². The highest BCUT2D eigenvalue weighted by Crippen LogP contribution is 2.64. The highest BCUT2D eigenvalue weighted by Gasteiger charge is 2.55. The second kappa shape index (κ2) is 8.64. The minimum absolute atomic E-state index is 0.0724. The average Bonchev–Trinajstić information content (AvgIpc) is 3.62. The maximum absolute atomic E-state index is 10.2. The molecule has 0 amide bonds. The number of hydrogen-bond acceptors (Lipinski definition) is 10. The summed E-state index contributed by atoms with van der Waals surface area (Å²) >= 11 is 0. The molecular formula is C30H26O10. The molecule has 4 atom stereocenters. The first-order chi connectivity index (χ1) is 19.2. The average molecular weight is 547 g/mol. The number of aliphatic hydroxyl groups is 2. The normalized spacial score (nSPS) is 25.1. The molecule has 4 N–H and O–H groups in total. The zero-order valence-corrected chi connectivity index (χ0v) is 21.5. The van der Waals surface area contributed by atoms with Crippen molar-refractivity contribution in [1.82, 2.24) is 0 Å². The van der Waals surface area contributed by atoms with Gasteiger partial charge in [0.1, 0.15) is 17.6 Å². The SMILES string of the molecule is C[C@H](O)[C@H]1C=CC2(Oc3c(c(-c4ccc(O)cc4)c4c(c3-c3ccc(O)cc3)OC3(C=C[C@H](O)[C@@H](C)O3)O4)O2)O1. The quantitative estimate of drug-likeness (QED) is 0.358. The Labute approximate surface area is 228 Å². The molecule has 0 aliphatic carbocycles. The lowest BCUT2D eigenvalue weighted by atomic mass is 9.95. The third-order valence-corrected chi connectivity index (χ3v) is 7.20. The number of benzene rings is 3. The maximum atomic E-state index is 10.2. The summed E-state index contributed by atoms with van der Waals surface area (Å²) in [7, 11) is 0. The van der Waals surface area contributed by atoms with Gasteiger partial charge in [0, 0.05) is 12.2 Å². The lowest BCUT2D eigenvalue weighted by Crippen LogP contribution is -2.48. The van der Waals surface area contributed by atoms with Gasteiger partial charge in [0.15, 0.2) is 23.0 Å². The van der Waals surface area contributed by atoms with Crippen molar-refractivity contribution in [3.8, 4) is 56.8 Å². The van der Waals surface area contributed by atoms with Crippen LogP contribution in [0.2, 0.25) is 0 Å². The molecule has 0 unspecified atom stereocenters. The molecule has 40 heavy (non-hydrogen) atoms. The van der Waals surface area contributed by atoms with Crippen LogP contribution in [0.25, 0.3) is 22.3 Å². The number of ether oxygens (including phenoxy) is 6. The van der Waals surface area contributed by atoms with Crippen LogP contribution in [-0.4, -0.2) is 56.8 Å².